The summed E-state index contributed by atoms with van der Waals surface area (Å²) in [5.41, 5.74) is 3.44. The molecule has 1 amide bonds. The summed E-state index contributed by atoms with van der Waals surface area (Å²) in [5, 5.41) is 3.95. The molecule has 1 saturated heterocycles. The minimum absolute atomic E-state index is 0.135. The molecule has 4 rings (SSSR count). The number of piperidine rings is 1. The Balaban J connectivity index is 1.79. The number of anilines is 1. The van der Waals surface area contributed by atoms with E-state index in [4.69, 9.17) is 0 Å². The third-order valence-corrected chi connectivity index (χ3v) is 7.06. The number of halogens is 1. The van der Waals surface area contributed by atoms with Crippen molar-refractivity contribution >= 4 is 22.2 Å². The molecule has 2 aromatic carbocycles. The Labute approximate surface area is 181 Å². The summed E-state index contributed by atoms with van der Waals surface area (Å²) in [7, 11) is 0. The number of likely N-dealkylation sites (tertiary alicyclic amines) is 1. The van der Waals surface area contributed by atoms with Gasteiger partial charge in [0.25, 0.3) is 5.91 Å². The van der Waals surface area contributed by atoms with E-state index in [1.165, 1.54) is 12.5 Å². The highest BCUT2D eigenvalue weighted by atomic mass is 32.1. The fourth-order valence-corrected chi connectivity index (χ4v) is 5.33. The quantitative estimate of drug-likeness (QED) is 0.521. The van der Waals surface area contributed by atoms with E-state index >= 15 is 0 Å². The molecule has 3 aromatic rings. The van der Waals surface area contributed by atoms with Crippen LogP contribution >= 0.6 is 11.3 Å². The van der Waals surface area contributed by atoms with Gasteiger partial charge in [0.05, 0.1) is 6.04 Å². The molecule has 1 aliphatic heterocycles. The number of rotatable bonds is 5. The van der Waals surface area contributed by atoms with Crippen molar-refractivity contribution in [2.75, 3.05) is 18.4 Å². The van der Waals surface area contributed by atoms with Crippen molar-refractivity contribution in [3.05, 3.63) is 87.5 Å². The van der Waals surface area contributed by atoms with Crippen molar-refractivity contribution in [1.82, 2.24) is 4.90 Å². The Morgan fingerprint density at radius 1 is 1.00 bits per heavy atom. The molecule has 30 heavy (non-hydrogen) atoms. The Bertz CT molecular complexity index is 1020. The average molecular weight is 423 g/mol. The van der Waals surface area contributed by atoms with Crippen molar-refractivity contribution in [2.24, 2.45) is 0 Å². The van der Waals surface area contributed by atoms with Crippen LogP contribution in [0, 0.1) is 19.7 Å². The van der Waals surface area contributed by atoms with E-state index < -0.39 is 0 Å². The molecule has 1 fully saturated rings. The highest BCUT2D eigenvalue weighted by molar-refractivity contribution is 7.16. The van der Waals surface area contributed by atoms with Crippen LogP contribution in [0.15, 0.2) is 54.6 Å². The van der Waals surface area contributed by atoms with E-state index in [-0.39, 0.29) is 17.8 Å². The first-order chi connectivity index (χ1) is 14.6. The maximum Gasteiger partial charge on any atom is 0.256 e. The molecule has 1 N–H and O–H groups in total. The van der Waals surface area contributed by atoms with E-state index in [0.717, 1.165) is 46.9 Å². The van der Waals surface area contributed by atoms with Crippen molar-refractivity contribution in [1.29, 1.82) is 0 Å². The Hall–Kier alpha value is -2.50. The lowest BCUT2D eigenvalue weighted by molar-refractivity contribution is 0.102. The van der Waals surface area contributed by atoms with Crippen molar-refractivity contribution in [3.63, 3.8) is 0 Å². The van der Waals surface area contributed by atoms with Crippen LogP contribution in [0.1, 0.15) is 57.2 Å². The third-order valence-electron chi connectivity index (χ3n) is 5.92. The smallest absolute Gasteiger partial charge is 0.256 e. The van der Waals surface area contributed by atoms with Gasteiger partial charge < -0.3 is 5.32 Å². The van der Waals surface area contributed by atoms with Crippen LogP contribution in [0.5, 0.6) is 0 Å². The molecule has 0 saturated carbocycles. The normalized spacial score (nSPS) is 15.7. The molecule has 1 aromatic heterocycles. The van der Waals surface area contributed by atoms with E-state index in [1.807, 2.05) is 30.3 Å². The Morgan fingerprint density at radius 2 is 1.67 bits per heavy atom. The number of benzene rings is 2. The lowest BCUT2D eigenvalue weighted by Gasteiger charge is -2.36. The average Bonchev–Trinajstić information content (AvgIpc) is 3.04. The monoisotopic (exact) mass is 422 g/mol. The second-order valence-electron chi connectivity index (χ2n) is 7.87. The Morgan fingerprint density at radius 3 is 2.37 bits per heavy atom. The van der Waals surface area contributed by atoms with Gasteiger partial charge in [-0.25, -0.2) is 4.39 Å². The largest absolute Gasteiger partial charge is 0.313 e. The van der Waals surface area contributed by atoms with Crippen LogP contribution in [0.3, 0.4) is 0 Å². The van der Waals surface area contributed by atoms with E-state index in [2.05, 4.69) is 24.1 Å². The SMILES string of the molecule is Cc1sc(NC(=O)c2ccccc2)c([C@@H](c2ccccc2F)N2CCCCC2)c1C. The first kappa shape index (κ1) is 20.8. The molecule has 3 nitrogen and oxygen atoms in total. The van der Waals surface area contributed by atoms with Crippen LogP contribution in [0.25, 0.3) is 0 Å². The summed E-state index contributed by atoms with van der Waals surface area (Å²) in [6.07, 6.45) is 3.43. The van der Waals surface area contributed by atoms with Crippen LogP contribution < -0.4 is 5.32 Å². The molecule has 0 bridgehead atoms. The second-order valence-corrected chi connectivity index (χ2v) is 9.09. The van der Waals surface area contributed by atoms with Gasteiger partial charge in [-0.3, -0.25) is 9.69 Å². The standard InChI is InChI=1S/C25H27FN2OS/c1-17-18(2)30-25(27-24(29)19-11-5-3-6-12-19)22(17)23(28-15-9-4-10-16-28)20-13-7-8-14-21(20)26/h3,5-8,11-14,23H,4,9-10,15-16H2,1-2H3,(H,27,29)/t23-/m1/s1. The summed E-state index contributed by atoms with van der Waals surface area (Å²) in [6.45, 7) is 6.01. The zero-order chi connectivity index (χ0) is 21.1. The molecule has 5 heteroatoms. The van der Waals surface area contributed by atoms with E-state index in [9.17, 15) is 9.18 Å². The second kappa shape index (κ2) is 9.11. The fourth-order valence-electron chi connectivity index (χ4n) is 4.24. The maximum absolute atomic E-state index is 15.0. The van der Waals surface area contributed by atoms with Crippen LogP contribution in [-0.2, 0) is 0 Å². The number of thiophene rings is 1. The highest BCUT2D eigenvalue weighted by Gasteiger charge is 2.31. The first-order valence-electron chi connectivity index (χ1n) is 10.5. The van der Waals surface area contributed by atoms with Gasteiger partial charge >= 0.3 is 0 Å². The lowest BCUT2D eigenvalue weighted by atomic mass is 9.92. The number of carbonyl (C=O) groups excluding carboxylic acids is 1. The van der Waals surface area contributed by atoms with Gasteiger partial charge in [0.1, 0.15) is 10.8 Å². The topological polar surface area (TPSA) is 32.3 Å². The van der Waals surface area contributed by atoms with Crippen molar-refractivity contribution < 1.29 is 9.18 Å². The van der Waals surface area contributed by atoms with Gasteiger partial charge in [0.15, 0.2) is 0 Å². The molecule has 0 spiro atoms. The van der Waals surface area contributed by atoms with E-state index in [0.29, 0.717) is 11.1 Å². The van der Waals surface area contributed by atoms with Gasteiger partial charge in [-0.05, 0) is 63.5 Å². The lowest BCUT2D eigenvalue weighted by Crippen LogP contribution is -2.35. The molecule has 156 valence electrons. The number of nitrogens with one attached hydrogen (secondary N) is 1. The van der Waals surface area contributed by atoms with Crippen LogP contribution in [0.2, 0.25) is 0 Å². The van der Waals surface area contributed by atoms with Gasteiger partial charge in [0, 0.05) is 21.6 Å². The molecular weight excluding hydrogens is 395 g/mol. The number of amides is 1. The predicted octanol–water partition coefficient (Wildman–Crippen LogP) is 6.33. The molecule has 0 unspecified atom stereocenters. The van der Waals surface area contributed by atoms with Gasteiger partial charge in [0.2, 0.25) is 0 Å². The summed E-state index contributed by atoms with van der Waals surface area (Å²) in [6, 6.07) is 16.1. The van der Waals surface area contributed by atoms with Crippen LogP contribution in [0.4, 0.5) is 9.39 Å². The van der Waals surface area contributed by atoms with Gasteiger partial charge in [-0.15, -0.1) is 11.3 Å². The number of nitrogens with zero attached hydrogens (tertiary/aromatic N) is 1. The Kier molecular flexibility index (Phi) is 6.30. The molecule has 1 aliphatic rings. The van der Waals surface area contributed by atoms with Gasteiger partial charge in [-0.2, -0.15) is 0 Å². The zero-order valence-corrected chi connectivity index (χ0v) is 18.3. The summed E-state index contributed by atoms with van der Waals surface area (Å²) in [5.74, 6) is -0.333. The minimum atomic E-state index is -0.206. The number of aryl methyl sites for hydroxylation is 1. The van der Waals surface area contributed by atoms with Crippen molar-refractivity contribution in [2.45, 2.75) is 39.2 Å². The highest BCUT2D eigenvalue weighted by Crippen LogP contribution is 2.43. The first-order valence-corrected chi connectivity index (χ1v) is 11.3. The summed E-state index contributed by atoms with van der Waals surface area (Å²) in [4.78, 5) is 16.4. The molecule has 0 radical (unpaired) electrons. The summed E-state index contributed by atoms with van der Waals surface area (Å²) >= 11 is 1.58. The van der Waals surface area contributed by atoms with Crippen molar-refractivity contribution in [3.8, 4) is 0 Å². The van der Waals surface area contributed by atoms with E-state index in [1.54, 1.807) is 29.5 Å². The molecule has 0 aliphatic carbocycles. The molecular formula is C25H27FN2OS. The number of hydrogen-bond acceptors (Lipinski definition) is 3. The van der Waals surface area contributed by atoms with Crippen LogP contribution in [-0.4, -0.2) is 23.9 Å². The number of hydrogen-bond donors (Lipinski definition) is 1. The fraction of sp³-hybridized carbons (Fsp3) is 0.320. The number of carbonyl (C=O) groups is 1. The maximum atomic E-state index is 15.0. The third kappa shape index (κ3) is 4.18. The van der Waals surface area contributed by atoms with Gasteiger partial charge in [-0.1, -0.05) is 42.8 Å². The molecule has 1 atom stereocenters. The molecule has 2 heterocycles. The minimum Gasteiger partial charge on any atom is -0.313 e. The summed E-state index contributed by atoms with van der Waals surface area (Å²) < 4.78 is 15.0. The zero-order valence-electron chi connectivity index (χ0n) is 17.5. The predicted molar refractivity (Wildman–Crippen MR) is 122 cm³/mol.